The predicted octanol–water partition coefficient (Wildman–Crippen LogP) is 4.64. The van der Waals surface area contributed by atoms with E-state index in [0.717, 1.165) is 23.3 Å². The van der Waals surface area contributed by atoms with Crippen molar-refractivity contribution in [3.05, 3.63) is 28.8 Å². The van der Waals surface area contributed by atoms with Gasteiger partial charge in [-0.25, -0.2) is 0 Å². The van der Waals surface area contributed by atoms with E-state index in [1.807, 2.05) is 0 Å². The number of benzene rings is 1. The second-order valence-electron chi connectivity index (χ2n) is 4.79. The molecule has 0 aliphatic rings. The van der Waals surface area contributed by atoms with Gasteiger partial charge < -0.3 is 4.74 Å². The zero-order valence-corrected chi connectivity index (χ0v) is 11.6. The van der Waals surface area contributed by atoms with Crippen LogP contribution in [0.5, 0.6) is 5.75 Å². The summed E-state index contributed by atoms with van der Waals surface area (Å²) in [5, 5.41) is 0.100. The summed E-state index contributed by atoms with van der Waals surface area (Å²) < 4.78 is 5.35. The molecule has 0 bridgehead atoms. The molecular weight excluding hydrogens is 220 g/mol. The second-order valence-corrected chi connectivity index (χ2v) is 5.31. The number of hydrogen-bond donors (Lipinski definition) is 0. The highest BCUT2D eigenvalue weighted by molar-refractivity contribution is 6.20. The molecule has 0 fully saturated rings. The molecule has 0 saturated carbocycles. The van der Waals surface area contributed by atoms with Crippen molar-refractivity contribution in [1.82, 2.24) is 0 Å². The van der Waals surface area contributed by atoms with Gasteiger partial charge in [-0.15, -0.1) is 11.6 Å². The van der Waals surface area contributed by atoms with Gasteiger partial charge in [-0.3, -0.25) is 0 Å². The lowest BCUT2D eigenvalue weighted by molar-refractivity contribution is 0.408. The minimum absolute atomic E-state index is 0.100. The first kappa shape index (κ1) is 13.4. The average molecular weight is 241 g/mol. The molecule has 1 nitrogen and oxygen atoms in total. The van der Waals surface area contributed by atoms with Gasteiger partial charge in [0.05, 0.1) is 12.5 Å². The van der Waals surface area contributed by atoms with Crippen LogP contribution in [0.4, 0.5) is 0 Å². The highest BCUT2D eigenvalue weighted by Gasteiger charge is 2.13. The summed E-state index contributed by atoms with van der Waals surface area (Å²) >= 11 is 6.40. The van der Waals surface area contributed by atoms with E-state index in [1.54, 1.807) is 7.11 Å². The Kier molecular flexibility index (Phi) is 4.67. The molecule has 1 aromatic rings. The summed E-state index contributed by atoms with van der Waals surface area (Å²) in [5.74, 6) is 1.59. The van der Waals surface area contributed by atoms with Crippen LogP contribution < -0.4 is 4.74 Å². The molecule has 2 heteroatoms. The van der Waals surface area contributed by atoms with Gasteiger partial charge in [-0.2, -0.15) is 0 Å². The molecule has 16 heavy (non-hydrogen) atoms. The molecule has 0 saturated heterocycles. The third-order valence-electron chi connectivity index (χ3n) is 2.73. The van der Waals surface area contributed by atoms with Crippen LogP contribution in [0.25, 0.3) is 0 Å². The fraction of sp³-hybridized carbons (Fsp3) is 0.571. The Balaban J connectivity index is 2.99. The van der Waals surface area contributed by atoms with Crippen molar-refractivity contribution < 1.29 is 4.74 Å². The fourth-order valence-corrected chi connectivity index (χ4v) is 2.52. The van der Waals surface area contributed by atoms with Crippen LogP contribution in [0.2, 0.25) is 0 Å². The number of hydrogen-bond acceptors (Lipinski definition) is 1. The Morgan fingerprint density at radius 2 is 1.69 bits per heavy atom. The van der Waals surface area contributed by atoms with Crippen molar-refractivity contribution in [1.29, 1.82) is 0 Å². The Labute approximate surface area is 104 Å². The summed E-state index contributed by atoms with van der Waals surface area (Å²) in [6, 6.07) is 4.26. The lowest BCUT2D eigenvalue weighted by atomic mass is 9.98. The molecular formula is C14H21ClO. The number of methoxy groups -OCH3 is 1. The van der Waals surface area contributed by atoms with Crippen LogP contribution in [0, 0.1) is 19.8 Å². The first-order valence-corrected chi connectivity index (χ1v) is 6.18. The summed E-state index contributed by atoms with van der Waals surface area (Å²) in [6.07, 6.45) is 1.01. The maximum atomic E-state index is 6.40. The molecule has 1 aromatic carbocycles. The van der Waals surface area contributed by atoms with E-state index in [-0.39, 0.29) is 5.38 Å². The number of rotatable bonds is 4. The largest absolute Gasteiger partial charge is 0.496 e. The van der Waals surface area contributed by atoms with Crippen molar-refractivity contribution in [3.63, 3.8) is 0 Å². The quantitative estimate of drug-likeness (QED) is 0.697. The molecule has 1 atom stereocenters. The van der Waals surface area contributed by atoms with E-state index in [2.05, 4.69) is 39.8 Å². The Bertz CT molecular complexity index is 335. The summed E-state index contributed by atoms with van der Waals surface area (Å²) in [4.78, 5) is 0. The highest BCUT2D eigenvalue weighted by Crippen LogP contribution is 2.33. The molecule has 0 heterocycles. The van der Waals surface area contributed by atoms with Crippen LogP contribution in [0.1, 0.15) is 42.3 Å². The maximum Gasteiger partial charge on any atom is 0.124 e. The molecule has 90 valence electrons. The van der Waals surface area contributed by atoms with Crippen molar-refractivity contribution in [2.45, 2.75) is 39.5 Å². The van der Waals surface area contributed by atoms with Gasteiger partial charge in [-0.05, 0) is 42.9 Å². The molecule has 0 radical (unpaired) electrons. The van der Waals surface area contributed by atoms with Crippen molar-refractivity contribution in [2.24, 2.45) is 5.92 Å². The molecule has 0 amide bonds. The van der Waals surface area contributed by atoms with Gasteiger partial charge in [-0.1, -0.05) is 26.0 Å². The van der Waals surface area contributed by atoms with E-state index in [4.69, 9.17) is 16.3 Å². The SMILES string of the molecule is COc1c(C)cc(C(Cl)CC(C)C)cc1C. The molecule has 0 spiro atoms. The fourth-order valence-electron chi connectivity index (χ4n) is 2.04. The molecule has 1 unspecified atom stereocenters. The van der Waals surface area contributed by atoms with Crippen molar-refractivity contribution >= 4 is 11.6 Å². The standard InChI is InChI=1S/C14H21ClO/c1-9(2)6-13(15)12-7-10(3)14(16-5)11(4)8-12/h7-9,13H,6H2,1-5H3. The first-order valence-electron chi connectivity index (χ1n) is 5.75. The predicted molar refractivity (Wildman–Crippen MR) is 70.5 cm³/mol. The molecule has 0 N–H and O–H groups in total. The number of ether oxygens (including phenoxy) is 1. The van der Waals surface area contributed by atoms with Gasteiger partial charge >= 0.3 is 0 Å². The van der Waals surface area contributed by atoms with Crippen LogP contribution in [-0.2, 0) is 0 Å². The second kappa shape index (κ2) is 5.58. The summed E-state index contributed by atoms with van der Waals surface area (Å²) in [5.41, 5.74) is 3.52. The van der Waals surface area contributed by atoms with Gasteiger partial charge in [0.25, 0.3) is 0 Å². The Morgan fingerprint density at radius 1 is 1.19 bits per heavy atom. The van der Waals surface area contributed by atoms with E-state index in [9.17, 15) is 0 Å². The lowest BCUT2D eigenvalue weighted by Crippen LogP contribution is -1.99. The zero-order chi connectivity index (χ0) is 12.3. The van der Waals surface area contributed by atoms with Crippen molar-refractivity contribution in [2.75, 3.05) is 7.11 Å². The number of aryl methyl sites for hydroxylation is 2. The Morgan fingerprint density at radius 3 is 2.06 bits per heavy atom. The molecule has 0 aromatic heterocycles. The topological polar surface area (TPSA) is 9.23 Å². The van der Waals surface area contributed by atoms with Gasteiger partial charge in [0.15, 0.2) is 0 Å². The van der Waals surface area contributed by atoms with Crippen LogP contribution in [0.15, 0.2) is 12.1 Å². The first-order chi connectivity index (χ1) is 7.45. The van der Waals surface area contributed by atoms with E-state index >= 15 is 0 Å². The van der Waals surface area contributed by atoms with E-state index in [1.165, 1.54) is 5.56 Å². The summed E-state index contributed by atoms with van der Waals surface area (Å²) in [7, 11) is 1.71. The monoisotopic (exact) mass is 240 g/mol. The smallest absolute Gasteiger partial charge is 0.124 e. The molecule has 0 aliphatic heterocycles. The summed E-state index contributed by atoms with van der Waals surface area (Å²) in [6.45, 7) is 8.51. The molecule has 1 rings (SSSR count). The molecule has 0 aliphatic carbocycles. The lowest BCUT2D eigenvalue weighted by Gasteiger charge is -2.16. The number of alkyl halides is 1. The Hall–Kier alpha value is -0.690. The highest BCUT2D eigenvalue weighted by atomic mass is 35.5. The van der Waals surface area contributed by atoms with Crippen LogP contribution in [0.3, 0.4) is 0 Å². The van der Waals surface area contributed by atoms with E-state index in [0.29, 0.717) is 5.92 Å². The van der Waals surface area contributed by atoms with Crippen molar-refractivity contribution in [3.8, 4) is 5.75 Å². The average Bonchev–Trinajstić information content (AvgIpc) is 2.16. The normalized spacial score (nSPS) is 12.9. The third kappa shape index (κ3) is 3.15. The zero-order valence-electron chi connectivity index (χ0n) is 10.8. The minimum Gasteiger partial charge on any atom is -0.496 e. The third-order valence-corrected chi connectivity index (χ3v) is 3.16. The van der Waals surface area contributed by atoms with E-state index < -0.39 is 0 Å². The number of halogens is 1. The van der Waals surface area contributed by atoms with Crippen LogP contribution >= 0.6 is 11.6 Å². The van der Waals surface area contributed by atoms with Gasteiger partial charge in [0.1, 0.15) is 5.75 Å². The van der Waals surface area contributed by atoms with Gasteiger partial charge in [0.2, 0.25) is 0 Å². The minimum atomic E-state index is 0.100. The van der Waals surface area contributed by atoms with Gasteiger partial charge in [0, 0.05) is 0 Å². The van der Waals surface area contributed by atoms with Crippen LogP contribution in [-0.4, -0.2) is 7.11 Å². The maximum absolute atomic E-state index is 6.40.